The topological polar surface area (TPSA) is 97.3 Å². The van der Waals surface area contributed by atoms with Crippen LogP contribution in [0.15, 0.2) is 16.7 Å². The maximum atomic E-state index is 10.7. The second-order valence-corrected chi connectivity index (χ2v) is 5.09. The number of nitro benzene ring substituents is 1. The normalized spacial score (nSPS) is 10.5. The smallest absolute Gasteiger partial charge is 0.272 e. The van der Waals surface area contributed by atoms with Gasteiger partial charge in [-0.3, -0.25) is 10.1 Å². The van der Waals surface area contributed by atoms with Crippen molar-refractivity contribution in [2.45, 2.75) is 6.54 Å². The predicted octanol–water partition coefficient (Wildman–Crippen LogP) is 2.96. The fourth-order valence-corrected chi connectivity index (χ4v) is 2.11. The van der Waals surface area contributed by atoms with E-state index in [9.17, 15) is 10.1 Å². The highest BCUT2D eigenvalue weighted by molar-refractivity contribution is 6.39. The number of aromatic nitrogens is 2. The quantitative estimate of drug-likeness (QED) is 0.664. The number of rotatable bonds is 5. The molecular formula is C11H11Cl2N5O3. The van der Waals surface area contributed by atoms with E-state index in [0.29, 0.717) is 17.5 Å². The summed E-state index contributed by atoms with van der Waals surface area (Å²) in [5.41, 5.74) is 0.191. The molecule has 0 spiro atoms. The van der Waals surface area contributed by atoms with Crippen LogP contribution >= 0.6 is 23.2 Å². The standard InChI is InChI=1S/C11H11Cl2N5O3/c1-17(2)11-15-9(21-16-11)5-14-10-7(12)3-6(18(19)20)4-8(10)13/h3-4,14H,5H2,1-2H3. The van der Waals surface area contributed by atoms with Crippen LogP contribution in [-0.2, 0) is 6.54 Å². The Balaban J connectivity index is 2.14. The zero-order chi connectivity index (χ0) is 15.6. The molecule has 0 aliphatic rings. The van der Waals surface area contributed by atoms with Crippen molar-refractivity contribution in [2.24, 2.45) is 0 Å². The van der Waals surface area contributed by atoms with Crippen molar-refractivity contribution in [2.75, 3.05) is 24.3 Å². The third kappa shape index (κ3) is 3.53. The second-order valence-electron chi connectivity index (χ2n) is 4.28. The molecule has 21 heavy (non-hydrogen) atoms. The first-order valence-electron chi connectivity index (χ1n) is 5.75. The molecule has 0 fully saturated rings. The van der Waals surface area contributed by atoms with Crippen LogP contribution in [-0.4, -0.2) is 29.2 Å². The van der Waals surface area contributed by atoms with Crippen LogP contribution < -0.4 is 10.2 Å². The Hall–Kier alpha value is -2.06. The lowest BCUT2D eigenvalue weighted by Gasteiger charge is -2.08. The van der Waals surface area contributed by atoms with E-state index < -0.39 is 4.92 Å². The predicted molar refractivity (Wildman–Crippen MR) is 79.1 cm³/mol. The summed E-state index contributed by atoms with van der Waals surface area (Å²) in [5, 5.41) is 17.6. The fraction of sp³-hybridized carbons (Fsp3) is 0.273. The molecule has 112 valence electrons. The summed E-state index contributed by atoms with van der Waals surface area (Å²) in [6.45, 7) is 0.193. The van der Waals surface area contributed by atoms with Crippen molar-refractivity contribution in [3.63, 3.8) is 0 Å². The van der Waals surface area contributed by atoms with Crippen LogP contribution in [0.25, 0.3) is 0 Å². The van der Waals surface area contributed by atoms with Crippen molar-refractivity contribution < 1.29 is 9.45 Å². The molecule has 2 aromatic rings. The van der Waals surface area contributed by atoms with Gasteiger partial charge in [0.1, 0.15) is 0 Å². The van der Waals surface area contributed by atoms with Crippen molar-refractivity contribution in [3.05, 3.63) is 38.2 Å². The first-order valence-corrected chi connectivity index (χ1v) is 6.51. The molecule has 0 atom stereocenters. The number of anilines is 2. The van der Waals surface area contributed by atoms with Crippen LogP contribution in [0.3, 0.4) is 0 Å². The Morgan fingerprint density at radius 2 is 2.00 bits per heavy atom. The Morgan fingerprint density at radius 1 is 1.38 bits per heavy atom. The number of nitrogens with one attached hydrogen (secondary N) is 1. The number of hydrogen-bond acceptors (Lipinski definition) is 7. The monoisotopic (exact) mass is 331 g/mol. The molecular weight excluding hydrogens is 321 g/mol. The summed E-state index contributed by atoms with van der Waals surface area (Å²) in [5.74, 6) is 0.775. The zero-order valence-electron chi connectivity index (χ0n) is 11.1. The van der Waals surface area contributed by atoms with Crippen LogP contribution in [0.2, 0.25) is 10.0 Å². The maximum absolute atomic E-state index is 10.7. The molecule has 0 amide bonds. The molecule has 0 unspecified atom stereocenters. The molecule has 0 aliphatic carbocycles. The van der Waals surface area contributed by atoms with Gasteiger partial charge in [-0.1, -0.05) is 23.2 Å². The van der Waals surface area contributed by atoms with Gasteiger partial charge in [0, 0.05) is 26.2 Å². The minimum atomic E-state index is -0.567. The molecule has 0 saturated carbocycles. The minimum absolute atomic E-state index is 0.140. The highest BCUT2D eigenvalue weighted by atomic mass is 35.5. The van der Waals surface area contributed by atoms with Gasteiger partial charge in [-0.25, -0.2) is 0 Å². The Bertz CT molecular complexity index is 651. The van der Waals surface area contributed by atoms with Crippen LogP contribution in [0.5, 0.6) is 0 Å². The molecule has 0 saturated heterocycles. The lowest BCUT2D eigenvalue weighted by atomic mass is 10.2. The second kappa shape index (κ2) is 6.15. The van der Waals surface area contributed by atoms with Gasteiger partial charge < -0.3 is 14.7 Å². The van der Waals surface area contributed by atoms with Crippen molar-refractivity contribution in [1.82, 2.24) is 10.1 Å². The van der Waals surface area contributed by atoms with Crippen molar-refractivity contribution in [1.29, 1.82) is 0 Å². The van der Waals surface area contributed by atoms with E-state index in [4.69, 9.17) is 27.7 Å². The summed E-state index contributed by atoms with van der Waals surface area (Å²) in [6.07, 6.45) is 0. The molecule has 0 bridgehead atoms. The van der Waals surface area contributed by atoms with Crippen LogP contribution in [0.4, 0.5) is 17.3 Å². The van der Waals surface area contributed by atoms with Gasteiger partial charge in [0.15, 0.2) is 0 Å². The highest BCUT2D eigenvalue weighted by Crippen LogP contribution is 2.34. The maximum Gasteiger partial charge on any atom is 0.272 e. The number of hydrogen-bond donors (Lipinski definition) is 1. The number of nitrogens with zero attached hydrogens (tertiary/aromatic N) is 4. The molecule has 1 aromatic heterocycles. The molecule has 0 radical (unpaired) electrons. The minimum Gasteiger partial charge on any atom is -0.374 e. The van der Waals surface area contributed by atoms with E-state index in [2.05, 4.69) is 15.5 Å². The van der Waals surface area contributed by atoms with E-state index >= 15 is 0 Å². The van der Waals surface area contributed by atoms with Crippen molar-refractivity contribution in [3.8, 4) is 0 Å². The van der Waals surface area contributed by atoms with Gasteiger partial charge in [-0.2, -0.15) is 4.98 Å². The third-order valence-electron chi connectivity index (χ3n) is 2.51. The zero-order valence-corrected chi connectivity index (χ0v) is 12.6. The van der Waals surface area contributed by atoms with Gasteiger partial charge in [-0.05, 0) is 5.16 Å². The largest absolute Gasteiger partial charge is 0.374 e. The van der Waals surface area contributed by atoms with Gasteiger partial charge in [-0.15, -0.1) is 0 Å². The van der Waals surface area contributed by atoms with Gasteiger partial charge in [0.2, 0.25) is 5.89 Å². The average Bonchev–Trinajstić information content (AvgIpc) is 2.86. The SMILES string of the molecule is CN(C)c1noc(CNc2c(Cl)cc([N+](=O)[O-])cc2Cl)n1. The molecule has 10 heteroatoms. The van der Waals surface area contributed by atoms with E-state index in [1.165, 1.54) is 12.1 Å². The van der Waals surface area contributed by atoms with Gasteiger partial charge in [0.25, 0.3) is 11.6 Å². The highest BCUT2D eigenvalue weighted by Gasteiger charge is 2.15. The summed E-state index contributed by atoms with van der Waals surface area (Å²) in [7, 11) is 3.57. The molecule has 1 N–H and O–H groups in total. The summed E-state index contributed by atoms with van der Waals surface area (Å²) in [4.78, 5) is 15.9. The average molecular weight is 332 g/mol. The van der Waals surface area contributed by atoms with Crippen molar-refractivity contribution >= 4 is 40.5 Å². The van der Waals surface area contributed by atoms with Crippen LogP contribution in [0, 0.1) is 10.1 Å². The van der Waals surface area contributed by atoms with Gasteiger partial charge >= 0.3 is 0 Å². The Labute approximate surface area is 129 Å². The van der Waals surface area contributed by atoms with E-state index in [0.717, 1.165) is 0 Å². The van der Waals surface area contributed by atoms with E-state index in [1.807, 2.05) is 0 Å². The lowest BCUT2D eigenvalue weighted by Crippen LogP contribution is -2.10. The number of halogens is 2. The number of non-ortho nitro benzene ring substituents is 1. The van der Waals surface area contributed by atoms with Gasteiger partial charge in [0.05, 0.1) is 27.2 Å². The van der Waals surface area contributed by atoms with E-state index in [1.54, 1.807) is 19.0 Å². The van der Waals surface area contributed by atoms with E-state index in [-0.39, 0.29) is 22.3 Å². The summed E-state index contributed by atoms with van der Waals surface area (Å²) in [6, 6.07) is 2.43. The number of benzene rings is 1. The Kier molecular flexibility index (Phi) is 4.49. The first-order chi connectivity index (χ1) is 9.88. The molecule has 2 rings (SSSR count). The Morgan fingerprint density at radius 3 is 2.48 bits per heavy atom. The molecule has 1 aromatic carbocycles. The molecule has 0 aliphatic heterocycles. The summed E-state index contributed by atoms with van der Waals surface area (Å²) >= 11 is 11.9. The molecule has 8 nitrogen and oxygen atoms in total. The van der Waals surface area contributed by atoms with Crippen LogP contribution in [0.1, 0.15) is 5.89 Å². The molecule has 1 heterocycles. The first kappa shape index (κ1) is 15.3. The number of nitro groups is 1. The lowest BCUT2D eigenvalue weighted by molar-refractivity contribution is -0.384. The summed E-state index contributed by atoms with van der Waals surface area (Å²) < 4.78 is 5.03. The fourth-order valence-electron chi connectivity index (χ4n) is 1.50. The third-order valence-corrected chi connectivity index (χ3v) is 3.11.